The molecule has 92 valence electrons. The van der Waals surface area contributed by atoms with Crippen LogP contribution in [0.4, 0.5) is 5.69 Å². The summed E-state index contributed by atoms with van der Waals surface area (Å²) in [5, 5.41) is 12.0. The topological polar surface area (TPSA) is 52.6 Å². The molecule has 1 aliphatic rings. The van der Waals surface area contributed by atoms with Crippen molar-refractivity contribution in [2.24, 2.45) is 0 Å². The van der Waals surface area contributed by atoms with E-state index in [1.54, 1.807) is 0 Å². The van der Waals surface area contributed by atoms with E-state index in [2.05, 4.69) is 5.32 Å². The molecule has 0 atom stereocenters. The number of hydrogen-bond donors (Lipinski definition) is 2. The standard InChI is InChI=1S/C13H18N2O2/c1-9-3-4-11(5-10(9)2)14-13(17)8-15-6-12(16)7-15/h3-5,12,16H,6-8H2,1-2H3,(H,14,17). The van der Waals surface area contributed by atoms with Gasteiger partial charge in [0, 0.05) is 18.8 Å². The number of aryl methyl sites for hydroxylation is 2. The summed E-state index contributed by atoms with van der Waals surface area (Å²) < 4.78 is 0. The molecule has 0 aliphatic carbocycles. The molecular weight excluding hydrogens is 216 g/mol. The quantitative estimate of drug-likeness (QED) is 0.817. The third-order valence-corrected chi connectivity index (χ3v) is 3.10. The van der Waals surface area contributed by atoms with Gasteiger partial charge < -0.3 is 10.4 Å². The summed E-state index contributed by atoms with van der Waals surface area (Å²) in [5.74, 6) is -0.0276. The highest BCUT2D eigenvalue weighted by atomic mass is 16.3. The van der Waals surface area contributed by atoms with Crippen molar-refractivity contribution in [3.63, 3.8) is 0 Å². The molecule has 1 saturated heterocycles. The molecule has 0 unspecified atom stereocenters. The van der Waals surface area contributed by atoms with E-state index in [-0.39, 0.29) is 12.0 Å². The van der Waals surface area contributed by atoms with Crippen LogP contribution in [-0.2, 0) is 4.79 Å². The minimum atomic E-state index is -0.260. The van der Waals surface area contributed by atoms with Gasteiger partial charge >= 0.3 is 0 Å². The van der Waals surface area contributed by atoms with E-state index >= 15 is 0 Å². The van der Waals surface area contributed by atoms with Crippen LogP contribution in [0, 0.1) is 13.8 Å². The second-order valence-electron chi connectivity index (χ2n) is 4.70. The number of aliphatic hydroxyl groups is 1. The van der Waals surface area contributed by atoms with Crippen LogP contribution in [0.25, 0.3) is 0 Å². The van der Waals surface area contributed by atoms with Crippen molar-refractivity contribution in [1.29, 1.82) is 0 Å². The minimum Gasteiger partial charge on any atom is -0.390 e. The Hall–Kier alpha value is -1.39. The van der Waals surface area contributed by atoms with Gasteiger partial charge in [-0.25, -0.2) is 0 Å². The van der Waals surface area contributed by atoms with Crippen LogP contribution in [0.5, 0.6) is 0 Å². The number of benzene rings is 1. The average Bonchev–Trinajstić information content (AvgIpc) is 2.21. The van der Waals surface area contributed by atoms with Gasteiger partial charge in [-0.2, -0.15) is 0 Å². The van der Waals surface area contributed by atoms with Crippen LogP contribution in [0.15, 0.2) is 18.2 Å². The van der Waals surface area contributed by atoms with Crippen molar-refractivity contribution in [3.05, 3.63) is 29.3 Å². The van der Waals surface area contributed by atoms with Crippen molar-refractivity contribution in [2.75, 3.05) is 25.0 Å². The van der Waals surface area contributed by atoms with Gasteiger partial charge in [0.1, 0.15) is 0 Å². The molecule has 0 radical (unpaired) electrons. The van der Waals surface area contributed by atoms with Gasteiger partial charge in [0.15, 0.2) is 0 Å². The fourth-order valence-corrected chi connectivity index (χ4v) is 1.89. The van der Waals surface area contributed by atoms with Gasteiger partial charge in [0.25, 0.3) is 0 Å². The number of likely N-dealkylation sites (tertiary alicyclic amines) is 1. The van der Waals surface area contributed by atoms with E-state index in [9.17, 15) is 4.79 Å². The van der Waals surface area contributed by atoms with Crippen LogP contribution in [0.1, 0.15) is 11.1 Å². The number of anilines is 1. The molecular formula is C13H18N2O2. The highest BCUT2D eigenvalue weighted by Gasteiger charge is 2.25. The summed E-state index contributed by atoms with van der Waals surface area (Å²) in [6.45, 7) is 5.61. The lowest BCUT2D eigenvalue weighted by atomic mass is 10.1. The molecule has 1 fully saturated rings. The van der Waals surface area contributed by atoms with Gasteiger partial charge in [-0.1, -0.05) is 6.07 Å². The summed E-state index contributed by atoms with van der Waals surface area (Å²) in [6, 6.07) is 5.88. The molecule has 0 bridgehead atoms. The van der Waals surface area contributed by atoms with Crippen LogP contribution < -0.4 is 5.32 Å². The molecule has 4 heteroatoms. The zero-order chi connectivity index (χ0) is 12.4. The highest BCUT2D eigenvalue weighted by molar-refractivity contribution is 5.92. The normalized spacial score (nSPS) is 16.6. The molecule has 2 N–H and O–H groups in total. The second-order valence-corrected chi connectivity index (χ2v) is 4.70. The van der Waals surface area contributed by atoms with E-state index < -0.39 is 0 Å². The molecule has 1 amide bonds. The van der Waals surface area contributed by atoms with Crippen LogP contribution in [0.3, 0.4) is 0 Å². The van der Waals surface area contributed by atoms with E-state index in [1.807, 2.05) is 36.9 Å². The summed E-state index contributed by atoms with van der Waals surface area (Å²) in [7, 11) is 0. The number of carbonyl (C=O) groups is 1. The zero-order valence-electron chi connectivity index (χ0n) is 10.2. The lowest BCUT2D eigenvalue weighted by Gasteiger charge is -2.35. The van der Waals surface area contributed by atoms with Gasteiger partial charge in [-0.3, -0.25) is 9.69 Å². The Balaban J connectivity index is 1.87. The van der Waals surface area contributed by atoms with Gasteiger partial charge in [-0.05, 0) is 37.1 Å². The van der Waals surface area contributed by atoms with Crippen LogP contribution >= 0.6 is 0 Å². The maximum atomic E-state index is 11.7. The Bertz CT molecular complexity index is 425. The maximum absolute atomic E-state index is 11.7. The predicted molar refractivity (Wildman–Crippen MR) is 67.0 cm³/mol. The van der Waals surface area contributed by atoms with E-state index in [1.165, 1.54) is 11.1 Å². The molecule has 2 rings (SSSR count). The molecule has 1 heterocycles. The van der Waals surface area contributed by atoms with Gasteiger partial charge in [-0.15, -0.1) is 0 Å². The Morgan fingerprint density at radius 2 is 2.12 bits per heavy atom. The first-order chi connectivity index (χ1) is 8.04. The molecule has 0 spiro atoms. The monoisotopic (exact) mass is 234 g/mol. The Kier molecular flexibility index (Phi) is 3.45. The lowest BCUT2D eigenvalue weighted by Crippen LogP contribution is -2.53. The van der Waals surface area contributed by atoms with Gasteiger partial charge in [0.2, 0.25) is 5.91 Å². The maximum Gasteiger partial charge on any atom is 0.238 e. The molecule has 1 aromatic carbocycles. The fraction of sp³-hybridized carbons (Fsp3) is 0.462. The van der Waals surface area contributed by atoms with E-state index in [0.29, 0.717) is 19.6 Å². The first kappa shape index (κ1) is 12.1. The number of aliphatic hydroxyl groups excluding tert-OH is 1. The summed E-state index contributed by atoms with van der Waals surface area (Å²) in [5.41, 5.74) is 3.22. The van der Waals surface area contributed by atoms with Crippen molar-refractivity contribution in [1.82, 2.24) is 4.90 Å². The largest absolute Gasteiger partial charge is 0.390 e. The van der Waals surface area contributed by atoms with Crippen molar-refractivity contribution < 1.29 is 9.90 Å². The van der Waals surface area contributed by atoms with E-state index in [4.69, 9.17) is 5.11 Å². The van der Waals surface area contributed by atoms with Crippen molar-refractivity contribution in [2.45, 2.75) is 20.0 Å². The number of nitrogens with zero attached hydrogens (tertiary/aromatic N) is 1. The molecule has 4 nitrogen and oxygen atoms in total. The Morgan fingerprint density at radius 3 is 2.71 bits per heavy atom. The molecule has 17 heavy (non-hydrogen) atoms. The third kappa shape index (κ3) is 3.05. The highest BCUT2D eigenvalue weighted by Crippen LogP contribution is 2.14. The van der Waals surface area contributed by atoms with Crippen LogP contribution in [-0.4, -0.2) is 41.7 Å². The first-order valence-corrected chi connectivity index (χ1v) is 5.82. The van der Waals surface area contributed by atoms with Crippen molar-refractivity contribution >= 4 is 11.6 Å². The number of nitrogens with one attached hydrogen (secondary N) is 1. The Labute approximate surface area is 101 Å². The molecule has 0 aromatic heterocycles. The minimum absolute atomic E-state index is 0.0276. The molecule has 1 aromatic rings. The molecule has 0 saturated carbocycles. The van der Waals surface area contributed by atoms with E-state index in [0.717, 1.165) is 5.69 Å². The van der Waals surface area contributed by atoms with Gasteiger partial charge in [0.05, 0.1) is 12.6 Å². The number of hydrogen-bond acceptors (Lipinski definition) is 3. The lowest BCUT2D eigenvalue weighted by molar-refractivity contribution is -0.119. The van der Waals surface area contributed by atoms with Crippen LogP contribution in [0.2, 0.25) is 0 Å². The van der Waals surface area contributed by atoms with Crippen molar-refractivity contribution in [3.8, 4) is 0 Å². The number of amides is 1. The number of carbonyl (C=O) groups excluding carboxylic acids is 1. The third-order valence-electron chi connectivity index (χ3n) is 3.10. The summed E-state index contributed by atoms with van der Waals surface area (Å²) in [4.78, 5) is 13.6. The Morgan fingerprint density at radius 1 is 1.41 bits per heavy atom. The predicted octanol–water partition coefficient (Wildman–Crippen LogP) is 0.918. The first-order valence-electron chi connectivity index (χ1n) is 5.82. The number of rotatable bonds is 3. The summed E-state index contributed by atoms with van der Waals surface area (Å²) in [6.07, 6.45) is -0.260. The smallest absolute Gasteiger partial charge is 0.238 e. The summed E-state index contributed by atoms with van der Waals surface area (Å²) >= 11 is 0. The SMILES string of the molecule is Cc1ccc(NC(=O)CN2CC(O)C2)cc1C. The number of β-amino-alcohol motifs (C(OH)–C–C–N with tert-alkyl or cyclic N) is 1. The molecule has 1 aliphatic heterocycles. The fourth-order valence-electron chi connectivity index (χ4n) is 1.89. The second kappa shape index (κ2) is 4.85. The average molecular weight is 234 g/mol. The zero-order valence-corrected chi connectivity index (χ0v) is 10.2.